The molecule has 0 atom stereocenters. The minimum absolute atomic E-state index is 0.607. The number of ether oxygens (including phenoxy) is 3. The van der Waals surface area contributed by atoms with E-state index in [9.17, 15) is 0 Å². The van der Waals surface area contributed by atoms with Crippen LogP contribution < -0.4 is 14.2 Å². The molecule has 0 N–H and O–H groups in total. The number of benzene rings is 2. The van der Waals surface area contributed by atoms with E-state index in [0.717, 1.165) is 53.2 Å². The zero-order valence-corrected chi connectivity index (χ0v) is 18.9. The van der Waals surface area contributed by atoms with Gasteiger partial charge in [-0.15, -0.1) is 10.2 Å². The fraction of sp³-hybridized carbons (Fsp3) is 0.391. The molecule has 0 aliphatic heterocycles. The molecule has 0 saturated heterocycles. The summed E-state index contributed by atoms with van der Waals surface area (Å²) in [6.07, 6.45) is 2.94. The van der Waals surface area contributed by atoms with Gasteiger partial charge >= 0.3 is 0 Å². The SMILES string of the molecule is COc1ccc(OCCSc2nnc(CCCc3ccc(OC)c(C)c3)n2C)cc1. The number of methoxy groups -OCH3 is 2. The average molecular weight is 428 g/mol. The molecule has 0 amide bonds. The summed E-state index contributed by atoms with van der Waals surface area (Å²) in [5, 5.41) is 9.62. The number of aryl methyl sites for hydroxylation is 3. The fourth-order valence-corrected chi connectivity index (χ4v) is 3.95. The Morgan fingerprint density at radius 1 is 0.933 bits per heavy atom. The number of rotatable bonds is 11. The topological polar surface area (TPSA) is 58.4 Å². The molecule has 7 heteroatoms. The molecule has 0 fully saturated rings. The Balaban J connectivity index is 1.42. The number of aromatic nitrogens is 3. The first-order valence-electron chi connectivity index (χ1n) is 10.0. The first-order valence-corrected chi connectivity index (χ1v) is 11.0. The van der Waals surface area contributed by atoms with Crippen molar-refractivity contribution in [2.75, 3.05) is 26.6 Å². The second kappa shape index (κ2) is 10.9. The maximum Gasteiger partial charge on any atom is 0.191 e. The Morgan fingerprint density at radius 3 is 2.40 bits per heavy atom. The zero-order valence-electron chi connectivity index (χ0n) is 18.1. The predicted octanol–water partition coefficient (Wildman–Crippen LogP) is 4.49. The van der Waals surface area contributed by atoms with Gasteiger partial charge < -0.3 is 18.8 Å². The van der Waals surface area contributed by atoms with Gasteiger partial charge in [-0.1, -0.05) is 23.9 Å². The molecule has 0 unspecified atom stereocenters. The molecule has 0 spiro atoms. The predicted molar refractivity (Wildman–Crippen MR) is 120 cm³/mol. The summed E-state index contributed by atoms with van der Waals surface area (Å²) >= 11 is 1.66. The highest BCUT2D eigenvalue weighted by atomic mass is 32.2. The van der Waals surface area contributed by atoms with E-state index in [1.165, 1.54) is 11.1 Å². The van der Waals surface area contributed by atoms with Gasteiger partial charge in [-0.25, -0.2) is 0 Å². The minimum atomic E-state index is 0.607. The van der Waals surface area contributed by atoms with Crippen molar-refractivity contribution in [1.82, 2.24) is 14.8 Å². The van der Waals surface area contributed by atoms with E-state index in [2.05, 4.69) is 33.8 Å². The van der Waals surface area contributed by atoms with Crippen LogP contribution >= 0.6 is 11.8 Å². The number of hydrogen-bond acceptors (Lipinski definition) is 6. The highest BCUT2D eigenvalue weighted by molar-refractivity contribution is 7.99. The molecule has 0 radical (unpaired) electrons. The van der Waals surface area contributed by atoms with Gasteiger partial charge in [-0.05, 0) is 61.2 Å². The van der Waals surface area contributed by atoms with Crippen molar-refractivity contribution in [3.8, 4) is 17.2 Å². The highest BCUT2D eigenvalue weighted by Gasteiger charge is 2.09. The largest absolute Gasteiger partial charge is 0.497 e. The van der Waals surface area contributed by atoms with E-state index in [-0.39, 0.29) is 0 Å². The lowest BCUT2D eigenvalue weighted by molar-refractivity contribution is 0.342. The highest BCUT2D eigenvalue weighted by Crippen LogP contribution is 2.21. The van der Waals surface area contributed by atoms with E-state index in [0.29, 0.717) is 6.61 Å². The van der Waals surface area contributed by atoms with Crippen LogP contribution in [0.2, 0.25) is 0 Å². The molecule has 2 aromatic carbocycles. The second-order valence-corrected chi connectivity index (χ2v) is 8.05. The third-order valence-corrected chi connectivity index (χ3v) is 5.88. The molecule has 3 aromatic rings. The van der Waals surface area contributed by atoms with E-state index in [1.807, 2.05) is 37.4 Å². The second-order valence-electron chi connectivity index (χ2n) is 6.99. The van der Waals surface area contributed by atoms with Gasteiger partial charge in [-0.2, -0.15) is 0 Å². The fourth-order valence-electron chi connectivity index (χ4n) is 3.20. The number of hydrogen-bond donors (Lipinski definition) is 0. The summed E-state index contributed by atoms with van der Waals surface area (Å²) in [6.45, 7) is 2.68. The Morgan fingerprint density at radius 2 is 1.70 bits per heavy atom. The summed E-state index contributed by atoms with van der Waals surface area (Å²) < 4.78 is 18.3. The third-order valence-electron chi connectivity index (χ3n) is 4.89. The maximum absolute atomic E-state index is 5.77. The molecule has 0 saturated carbocycles. The molecule has 3 rings (SSSR count). The quantitative estimate of drug-likeness (QED) is 0.332. The Kier molecular flexibility index (Phi) is 8.02. The van der Waals surface area contributed by atoms with Gasteiger partial charge in [0.25, 0.3) is 0 Å². The Hall–Kier alpha value is -2.67. The molecule has 0 bridgehead atoms. The molecular formula is C23H29N3O3S. The van der Waals surface area contributed by atoms with Crippen molar-refractivity contribution in [3.63, 3.8) is 0 Å². The van der Waals surface area contributed by atoms with Gasteiger partial charge in [0.2, 0.25) is 0 Å². The molecule has 30 heavy (non-hydrogen) atoms. The molecule has 1 aromatic heterocycles. The number of nitrogens with zero attached hydrogens (tertiary/aromatic N) is 3. The third kappa shape index (κ3) is 5.92. The van der Waals surface area contributed by atoms with E-state index >= 15 is 0 Å². The van der Waals surface area contributed by atoms with Crippen molar-refractivity contribution in [3.05, 3.63) is 59.4 Å². The van der Waals surface area contributed by atoms with E-state index in [4.69, 9.17) is 14.2 Å². The zero-order chi connectivity index (χ0) is 21.3. The van der Waals surface area contributed by atoms with Crippen LogP contribution in [0.15, 0.2) is 47.6 Å². The van der Waals surface area contributed by atoms with Crippen LogP contribution in [0.4, 0.5) is 0 Å². The first-order chi connectivity index (χ1) is 14.6. The van der Waals surface area contributed by atoms with E-state index < -0.39 is 0 Å². The lowest BCUT2D eigenvalue weighted by Gasteiger charge is -2.08. The van der Waals surface area contributed by atoms with Crippen LogP contribution in [0.3, 0.4) is 0 Å². The van der Waals surface area contributed by atoms with Crippen LogP contribution in [0.5, 0.6) is 17.2 Å². The molecule has 0 aliphatic rings. The lowest BCUT2D eigenvalue weighted by atomic mass is 10.0. The first kappa shape index (κ1) is 22.0. The lowest BCUT2D eigenvalue weighted by Crippen LogP contribution is -2.03. The van der Waals surface area contributed by atoms with Gasteiger partial charge in [0, 0.05) is 19.2 Å². The monoisotopic (exact) mass is 427 g/mol. The summed E-state index contributed by atoms with van der Waals surface area (Å²) in [7, 11) is 5.39. The van der Waals surface area contributed by atoms with Crippen molar-refractivity contribution < 1.29 is 14.2 Å². The molecule has 0 aliphatic carbocycles. The van der Waals surface area contributed by atoms with E-state index in [1.54, 1.807) is 26.0 Å². The summed E-state index contributed by atoms with van der Waals surface area (Å²) in [4.78, 5) is 0. The summed E-state index contributed by atoms with van der Waals surface area (Å²) in [6, 6.07) is 14.0. The molecule has 6 nitrogen and oxygen atoms in total. The van der Waals surface area contributed by atoms with Crippen LogP contribution in [-0.2, 0) is 19.9 Å². The smallest absolute Gasteiger partial charge is 0.191 e. The van der Waals surface area contributed by atoms with Gasteiger partial charge in [0.15, 0.2) is 5.16 Å². The molecule has 160 valence electrons. The van der Waals surface area contributed by atoms with Crippen LogP contribution in [-0.4, -0.2) is 41.3 Å². The van der Waals surface area contributed by atoms with Crippen LogP contribution in [0, 0.1) is 6.92 Å². The van der Waals surface area contributed by atoms with Gasteiger partial charge in [0.1, 0.15) is 23.1 Å². The van der Waals surface area contributed by atoms with Crippen LogP contribution in [0.1, 0.15) is 23.4 Å². The summed E-state index contributed by atoms with van der Waals surface area (Å²) in [5.41, 5.74) is 2.49. The maximum atomic E-state index is 5.77. The Labute approximate surface area is 182 Å². The van der Waals surface area contributed by atoms with Crippen molar-refractivity contribution in [2.45, 2.75) is 31.3 Å². The summed E-state index contributed by atoms with van der Waals surface area (Å²) in [5.74, 6) is 4.42. The van der Waals surface area contributed by atoms with Crippen molar-refractivity contribution in [2.24, 2.45) is 7.05 Å². The van der Waals surface area contributed by atoms with Crippen molar-refractivity contribution in [1.29, 1.82) is 0 Å². The van der Waals surface area contributed by atoms with Gasteiger partial charge in [0.05, 0.1) is 20.8 Å². The average Bonchev–Trinajstić information content (AvgIpc) is 3.11. The Bertz CT molecular complexity index is 941. The standard InChI is InChI=1S/C23H29N3O3S/c1-17-16-18(8-13-21(17)28-4)6-5-7-22-24-25-23(26(22)2)30-15-14-29-20-11-9-19(27-3)10-12-20/h8-13,16H,5-7,14-15H2,1-4H3. The number of thioether (sulfide) groups is 1. The van der Waals surface area contributed by atoms with Crippen LogP contribution in [0.25, 0.3) is 0 Å². The molecular weight excluding hydrogens is 398 g/mol. The molecule has 1 heterocycles. The minimum Gasteiger partial charge on any atom is -0.497 e. The van der Waals surface area contributed by atoms with Crippen molar-refractivity contribution >= 4 is 11.8 Å². The van der Waals surface area contributed by atoms with Gasteiger partial charge in [-0.3, -0.25) is 0 Å². The normalized spacial score (nSPS) is 10.8.